The van der Waals surface area contributed by atoms with Crippen LogP contribution in [-0.2, 0) is 4.74 Å². The summed E-state index contributed by atoms with van der Waals surface area (Å²) in [6.07, 6.45) is 3.68. The van der Waals surface area contributed by atoms with Gasteiger partial charge in [0.1, 0.15) is 17.4 Å². The second-order valence-electron chi connectivity index (χ2n) is 3.43. The highest BCUT2D eigenvalue weighted by atomic mass is 79.9. The Morgan fingerprint density at radius 2 is 2.50 bits per heavy atom. The summed E-state index contributed by atoms with van der Waals surface area (Å²) in [6.45, 7) is 1.31. The van der Waals surface area contributed by atoms with Crippen LogP contribution in [0.5, 0.6) is 5.88 Å². The van der Waals surface area contributed by atoms with Crippen LogP contribution in [0.15, 0.2) is 10.8 Å². The molecule has 1 atom stereocenters. The Labute approximate surface area is 102 Å². The van der Waals surface area contributed by atoms with Gasteiger partial charge in [-0.15, -0.1) is 0 Å². The van der Waals surface area contributed by atoms with E-state index in [1.807, 2.05) is 0 Å². The normalized spacial score (nSPS) is 19.8. The number of anilines is 1. The van der Waals surface area contributed by atoms with Crippen molar-refractivity contribution >= 4 is 21.7 Å². The Morgan fingerprint density at radius 3 is 3.19 bits per heavy atom. The first-order chi connectivity index (χ1) is 7.81. The summed E-state index contributed by atoms with van der Waals surface area (Å²) in [6, 6.07) is 0. The van der Waals surface area contributed by atoms with E-state index in [2.05, 4.69) is 31.3 Å². The van der Waals surface area contributed by atoms with E-state index in [1.54, 1.807) is 0 Å². The number of ether oxygens (including phenoxy) is 2. The lowest BCUT2D eigenvalue weighted by Crippen LogP contribution is -2.17. The molecule has 2 rings (SSSR count). The quantitative estimate of drug-likeness (QED) is 0.637. The molecule has 0 bridgehead atoms. The highest BCUT2D eigenvalue weighted by Gasteiger charge is 2.17. The predicted octanol–water partition coefficient (Wildman–Crippen LogP) is 1.08. The molecule has 1 aliphatic heterocycles. The summed E-state index contributed by atoms with van der Waals surface area (Å²) in [4.78, 5) is 7.95. The van der Waals surface area contributed by atoms with Crippen LogP contribution in [0.1, 0.15) is 12.8 Å². The zero-order chi connectivity index (χ0) is 11.4. The zero-order valence-electron chi connectivity index (χ0n) is 8.65. The molecule has 88 valence electrons. The fraction of sp³-hybridized carbons (Fsp3) is 0.556. The van der Waals surface area contributed by atoms with Crippen molar-refractivity contribution in [2.24, 2.45) is 5.84 Å². The average Bonchev–Trinajstić information content (AvgIpc) is 2.81. The minimum Gasteiger partial charge on any atom is -0.474 e. The van der Waals surface area contributed by atoms with Crippen molar-refractivity contribution in [3.8, 4) is 5.88 Å². The Balaban J connectivity index is 1.97. The van der Waals surface area contributed by atoms with E-state index in [4.69, 9.17) is 15.3 Å². The van der Waals surface area contributed by atoms with Crippen LogP contribution < -0.4 is 16.0 Å². The van der Waals surface area contributed by atoms with Gasteiger partial charge >= 0.3 is 0 Å². The van der Waals surface area contributed by atoms with Crippen LogP contribution in [-0.4, -0.2) is 29.3 Å². The van der Waals surface area contributed by atoms with E-state index in [9.17, 15) is 0 Å². The molecular weight excluding hydrogens is 276 g/mol. The van der Waals surface area contributed by atoms with E-state index in [1.165, 1.54) is 6.33 Å². The largest absolute Gasteiger partial charge is 0.474 e. The third-order valence-corrected chi connectivity index (χ3v) is 3.04. The molecule has 0 radical (unpaired) electrons. The second kappa shape index (κ2) is 5.42. The van der Waals surface area contributed by atoms with E-state index >= 15 is 0 Å². The monoisotopic (exact) mass is 288 g/mol. The Morgan fingerprint density at radius 1 is 1.62 bits per heavy atom. The molecule has 1 aliphatic rings. The highest BCUT2D eigenvalue weighted by molar-refractivity contribution is 9.10. The van der Waals surface area contributed by atoms with Gasteiger partial charge in [0.15, 0.2) is 5.82 Å². The van der Waals surface area contributed by atoms with Gasteiger partial charge in [-0.25, -0.2) is 15.8 Å². The maximum Gasteiger partial charge on any atom is 0.233 e. The van der Waals surface area contributed by atoms with Gasteiger partial charge in [-0.3, -0.25) is 0 Å². The minimum atomic E-state index is 0.163. The molecule has 16 heavy (non-hydrogen) atoms. The van der Waals surface area contributed by atoms with Crippen molar-refractivity contribution in [2.75, 3.05) is 18.6 Å². The van der Waals surface area contributed by atoms with E-state index in [0.717, 1.165) is 19.4 Å². The summed E-state index contributed by atoms with van der Waals surface area (Å²) < 4.78 is 11.6. The molecule has 3 N–H and O–H groups in total. The second-order valence-corrected chi connectivity index (χ2v) is 4.22. The van der Waals surface area contributed by atoms with Crippen LogP contribution in [0.2, 0.25) is 0 Å². The number of nitrogen functional groups attached to an aromatic ring is 1. The fourth-order valence-electron chi connectivity index (χ4n) is 1.50. The predicted molar refractivity (Wildman–Crippen MR) is 62.0 cm³/mol. The maximum atomic E-state index is 5.54. The van der Waals surface area contributed by atoms with Crippen LogP contribution >= 0.6 is 15.9 Å². The molecule has 7 heteroatoms. The van der Waals surface area contributed by atoms with Gasteiger partial charge < -0.3 is 14.9 Å². The number of halogens is 1. The number of nitrogens with zero attached hydrogens (tertiary/aromatic N) is 2. The van der Waals surface area contributed by atoms with E-state index in [-0.39, 0.29) is 6.10 Å². The number of hydrogen-bond acceptors (Lipinski definition) is 6. The Hall–Kier alpha value is -0.920. The lowest BCUT2D eigenvalue weighted by Gasteiger charge is -2.12. The topological polar surface area (TPSA) is 82.3 Å². The van der Waals surface area contributed by atoms with Gasteiger partial charge in [0.2, 0.25) is 5.88 Å². The molecule has 2 heterocycles. The Kier molecular flexibility index (Phi) is 3.92. The number of hydrogen-bond donors (Lipinski definition) is 2. The first kappa shape index (κ1) is 11.6. The number of nitrogens with two attached hydrogens (primary N) is 1. The number of nitrogens with one attached hydrogen (secondary N) is 1. The fourth-order valence-corrected chi connectivity index (χ4v) is 1.94. The van der Waals surface area contributed by atoms with Crippen molar-refractivity contribution in [3.63, 3.8) is 0 Å². The van der Waals surface area contributed by atoms with Gasteiger partial charge in [-0.05, 0) is 28.8 Å². The number of hydrazine groups is 1. The van der Waals surface area contributed by atoms with Crippen LogP contribution in [0.3, 0.4) is 0 Å². The third kappa shape index (κ3) is 2.60. The van der Waals surface area contributed by atoms with Gasteiger partial charge in [-0.1, -0.05) is 0 Å². The summed E-state index contributed by atoms with van der Waals surface area (Å²) >= 11 is 3.32. The number of aromatic nitrogens is 2. The molecule has 0 amide bonds. The first-order valence-electron chi connectivity index (χ1n) is 5.02. The van der Waals surface area contributed by atoms with Crippen molar-refractivity contribution in [1.82, 2.24) is 9.97 Å². The molecule has 0 spiro atoms. The maximum absolute atomic E-state index is 5.54. The van der Waals surface area contributed by atoms with Crippen LogP contribution in [0.4, 0.5) is 5.82 Å². The van der Waals surface area contributed by atoms with Gasteiger partial charge in [-0.2, -0.15) is 0 Å². The smallest absolute Gasteiger partial charge is 0.233 e. The highest BCUT2D eigenvalue weighted by Crippen LogP contribution is 2.28. The molecule has 0 aromatic carbocycles. The first-order valence-corrected chi connectivity index (χ1v) is 5.82. The summed E-state index contributed by atoms with van der Waals surface area (Å²) in [5.74, 6) is 6.26. The Bertz CT molecular complexity index is 357. The lowest BCUT2D eigenvalue weighted by atomic mass is 10.2. The van der Waals surface area contributed by atoms with Crippen molar-refractivity contribution in [3.05, 3.63) is 10.8 Å². The molecule has 0 aliphatic carbocycles. The van der Waals surface area contributed by atoms with Gasteiger partial charge in [0.25, 0.3) is 0 Å². The van der Waals surface area contributed by atoms with Crippen LogP contribution in [0.25, 0.3) is 0 Å². The summed E-state index contributed by atoms with van der Waals surface area (Å²) in [5.41, 5.74) is 2.45. The number of rotatable bonds is 4. The zero-order valence-corrected chi connectivity index (χ0v) is 10.2. The standard InChI is InChI=1S/C9H13BrN4O2/c10-7-8(14-11)12-5-13-9(7)16-4-6-2-1-3-15-6/h5-6H,1-4,11H2,(H,12,13,14). The SMILES string of the molecule is NNc1ncnc(OCC2CCCO2)c1Br. The minimum absolute atomic E-state index is 0.163. The molecule has 1 aromatic heterocycles. The molecular formula is C9H13BrN4O2. The van der Waals surface area contributed by atoms with Gasteiger partial charge in [0.05, 0.1) is 6.10 Å². The summed E-state index contributed by atoms with van der Waals surface area (Å²) in [5, 5.41) is 0. The van der Waals surface area contributed by atoms with E-state index in [0.29, 0.717) is 22.8 Å². The van der Waals surface area contributed by atoms with Gasteiger partial charge in [0, 0.05) is 6.61 Å². The molecule has 1 unspecified atom stereocenters. The van der Waals surface area contributed by atoms with Crippen molar-refractivity contribution in [1.29, 1.82) is 0 Å². The molecule has 1 fully saturated rings. The lowest BCUT2D eigenvalue weighted by molar-refractivity contribution is 0.0660. The molecule has 1 aromatic rings. The molecule has 1 saturated heterocycles. The van der Waals surface area contributed by atoms with Crippen LogP contribution in [0, 0.1) is 0 Å². The summed E-state index contributed by atoms with van der Waals surface area (Å²) in [7, 11) is 0. The van der Waals surface area contributed by atoms with E-state index < -0.39 is 0 Å². The molecule has 6 nitrogen and oxygen atoms in total. The van der Waals surface area contributed by atoms with Crippen molar-refractivity contribution < 1.29 is 9.47 Å². The van der Waals surface area contributed by atoms with Crippen molar-refractivity contribution in [2.45, 2.75) is 18.9 Å². The third-order valence-electron chi connectivity index (χ3n) is 2.32. The average molecular weight is 289 g/mol. The molecule has 0 saturated carbocycles.